The first kappa shape index (κ1) is 15.1. The molecule has 0 radical (unpaired) electrons. The summed E-state index contributed by atoms with van der Waals surface area (Å²) < 4.78 is 59.3. The van der Waals surface area contributed by atoms with Gasteiger partial charge in [-0.3, -0.25) is 0 Å². The van der Waals surface area contributed by atoms with Crippen LogP contribution in [0.2, 0.25) is 0 Å². The molecule has 0 bridgehead atoms. The molecule has 0 amide bonds. The highest BCUT2D eigenvalue weighted by atomic mass is 32.2. The molecule has 1 aliphatic rings. The first-order valence-corrected chi connectivity index (χ1v) is 7.20. The second-order valence-electron chi connectivity index (χ2n) is 4.18. The summed E-state index contributed by atoms with van der Waals surface area (Å²) in [5.41, 5.74) is 0. The van der Waals surface area contributed by atoms with E-state index in [1.165, 1.54) is 0 Å². The van der Waals surface area contributed by atoms with Gasteiger partial charge < -0.3 is 14.6 Å². The van der Waals surface area contributed by atoms with Gasteiger partial charge in [0.25, 0.3) is 0 Å². The summed E-state index contributed by atoms with van der Waals surface area (Å²) >= 11 is 0. The molecule has 1 saturated heterocycles. The zero-order valence-corrected chi connectivity index (χ0v) is 11.0. The monoisotopic (exact) mass is 309 g/mol. The number of aliphatic hydroxyl groups excluding tert-OH is 1. The lowest BCUT2D eigenvalue weighted by atomic mass is 10.2. The standard InChI is InChI=1S/C11H13F2NO5S/c12-11(13)19-7-1-3-8(4-2-7)20(16,17)14-9-5-18-6-10(9)15/h1-4,9-11,14-15H,5-6H2/t9-,10-/m0/s1. The SMILES string of the molecule is O=S(=O)(N[C@H]1COC[C@@H]1O)c1ccc(OC(F)F)cc1. The Balaban J connectivity index is 2.09. The Labute approximate surface area is 114 Å². The number of nitrogens with one attached hydrogen (secondary N) is 1. The quantitative estimate of drug-likeness (QED) is 0.818. The Bertz CT molecular complexity index is 548. The number of ether oxygens (including phenoxy) is 2. The first-order chi connectivity index (χ1) is 9.38. The maximum absolute atomic E-state index is 12.0. The molecule has 0 saturated carbocycles. The summed E-state index contributed by atoms with van der Waals surface area (Å²) in [5.74, 6) is -0.136. The molecule has 0 aromatic heterocycles. The summed E-state index contributed by atoms with van der Waals surface area (Å²) in [5, 5.41) is 9.49. The molecule has 2 atom stereocenters. The van der Waals surface area contributed by atoms with Crippen LogP contribution < -0.4 is 9.46 Å². The van der Waals surface area contributed by atoms with Gasteiger partial charge >= 0.3 is 6.61 Å². The van der Waals surface area contributed by atoms with Crippen molar-refractivity contribution in [2.75, 3.05) is 13.2 Å². The van der Waals surface area contributed by atoms with Crippen LogP contribution in [0.25, 0.3) is 0 Å². The van der Waals surface area contributed by atoms with Crippen LogP contribution in [0.4, 0.5) is 8.78 Å². The van der Waals surface area contributed by atoms with Gasteiger partial charge in [-0.1, -0.05) is 0 Å². The molecule has 0 spiro atoms. The van der Waals surface area contributed by atoms with E-state index >= 15 is 0 Å². The molecule has 6 nitrogen and oxygen atoms in total. The molecule has 20 heavy (non-hydrogen) atoms. The van der Waals surface area contributed by atoms with Crippen LogP contribution in [-0.2, 0) is 14.8 Å². The molecule has 2 rings (SSSR count). The van der Waals surface area contributed by atoms with Crippen molar-refractivity contribution in [2.45, 2.75) is 23.7 Å². The van der Waals surface area contributed by atoms with E-state index in [0.717, 1.165) is 24.3 Å². The van der Waals surface area contributed by atoms with E-state index in [4.69, 9.17) is 4.74 Å². The summed E-state index contributed by atoms with van der Waals surface area (Å²) in [4.78, 5) is -0.113. The lowest BCUT2D eigenvalue weighted by molar-refractivity contribution is -0.0498. The molecule has 1 aliphatic heterocycles. The number of alkyl halides is 2. The van der Waals surface area contributed by atoms with Crippen LogP contribution in [0.3, 0.4) is 0 Å². The van der Waals surface area contributed by atoms with E-state index in [1.54, 1.807) is 0 Å². The Morgan fingerprint density at radius 2 is 1.95 bits per heavy atom. The van der Waals surface area contributed by atoms with Gasteiger partial charge in [0.15, 0.2) is 0 Å². The van der Waals surface area contributed by atoms with E-state index in [1.807, 2.05) is 0 Å². The minimum atomic E-state index is -3.85. The van der Waals surface area contributed by atoms with E-state index in [-0.39, 0.29) is 23.9 Å². The zero-order chi connectivity index (χ0) is 14.8. The van der Waals surface area contributed by atoms with Crippen molar-refractivity contribution in [1.29, 1.82) is 0 Å². The first-order valence-electron chi connectivity index (χ1n) is 5.71. The summed E-state index contributed by atoms with van der Waals surface area (Å²) in [6.45, 7) is -2.83. The van der Waals surface area contributed by atoms with Gasteiger partial charge in [0.05, 0.1) is 30.3 Å². The van der Waals surface area contributed by atoms with Crippen molar-refractivity contribution in [3.05, 3.63) is 24.3 Å². The minimum absolute atomic E-state index is 0.0638. The van der Waals surface area contributed by atoms with Crippen molar-refractivity contribution < 1.29 is 31.8 Å². The summed E-state index contributed by atoms with van der Waals surface area (Å²) in [6.07, 6.45) is -0.911. The predicted octanol–water partition coefficient (Wildman–Crippen LogP) is 0.326. The van der Waals surface area contributed by atoms with Gasteiger partial charge in [-0.2, -0.15) is 8.78 Å². The second-order valence-corrected chi connectivity index (χ2v) is 5.90. The third kappa shape index (κ3) is 3.63. The smallest absolute Gasteiger partial charge is 0.387 e. The van der Waals surface area contributed by atoms with Crippen molar-refractivity contribution >= 4 is 10.0 Å². The lowest BCUT2D eigenvalue weighted by Crippen LogP contribution is -2.42. The highest BCUT2D eigenvalue weighted by Gasteiger charge is 2.30. The molecule has 1 aromatic carbocycles. The van der Waals surface area contributed by atoms with E-state index in [9.17, 15) is 22.3 Å². The second kappa shape index (κ2) is 6.00. The average Bonchev–Trinajstić information content (AvgIpc) is 2.74. The maximum Gasteiger partial charge on any atom is 0.387 e. The molecule has 9 heteroatoms. The third-order valence-corrected chi connectivity index (χ3v) is 4.22. The highest BCUT2D eigenvalue weighted by Crippen LogP contribution is 2.18. The fourth-order valence-corrected chi connectivity index (χ4v) is 2.98. The molecule has 112 valence electrons. The van der Waals surface area contributed by atoms with Crippen LogP contribution in [-0.4, -0.2) is 45.5 Å². The van der Waals surface area contributed by atoms with Crippen molar-refractivity contribution in [3.8, 4) is 5.75 Å². The predicted molar refractivity (Wildman–Crippen MR) is 64.0 cm³/mol. The number of halogens is 2. The van der Waals surface area contributed by atoms with Crippen LogP contribution in [0, 0.1) is 0 Å². The number of sulfonamides is 1. The van der Waals surface area contributed by atoms with Crippen molar-refractivity contribution in [2.24, 2.45) is 0 Å². The van der Waals surface area contributed by atoms with Gasteiger partial charge in [-0.25, -0.2) is 13.1 Å². The Morgan fingerprint density at radius 3 is 2.45 bits per heavy atom. The number of hydrogen-bond donors (Lipinski definition) is 2. The molecule has 1 fully saturated rings. The topological polar surface area (TPSA) is 84.9 Å². The molecule has 0 aliphatic carbocycles. The average molecular weight is 309 g/mol. The highest BCUT2D eigenvalue weighted by molar-refractivity contribution is 7.89. The minimum Gasteiger partial charge on any atom is -0.435 e. The van der Waals surface area contributed by atoms with Crippen molar-refractivity contribution in [3.63, 3.8) is 0 Å². The van der Waals surface area contributed by atoms with E-state index < -0.39 is 28.8 Å². The fourth-order valence-electron chi connectivity index (χ4n) is 1.72. The molecule has 1 aromatic rings. The largest absolute Gasteiger partial charge is 0.435 e. The number of benzene rings is 1. The summed E-state index contributed by atoms with van der Waals surface area (Å²) in [6, 6.07) is 3.81. The Hall–Kier alpha value is -1.29. The molecule has 1 heterocycles. The zero-order valence-electron chi connectivity index (χ0n) is 10.2. The van der Waals surface area contributed by atoms with Crippen LogP contribution in [0.5, 0.6) is 5.75 Å². The van der Waals surface area contributed by atoms with Gasteiger partial charge in [-0.05, 0) is 24.3 Å². The fraction of sp³-hybridized carbons (Fsp3) is 0.455. The van der Waals surface area contributed by atoms with Gasteiger partial charge in [0.2, 0.25) is 10.0 Å². The number of rotatable bonds is 5. The molecule has 0 unspecified atom stereocenters. The van der Waals surface area contributed by atoms with Gasteiger partial charge in [0, 0.05) is 0 Å². The maximum atomic E-state index is 12.0. The van der Waals surface area contributed by atoms with Crippen molar-refractivity contribution in [1.82, 2.24) is 4.72 Å². The van der Waals surface area contributed by atoms with Crippen LogP contribution >= 0.6 is 0 Å². The van der Waals surface area contributed by atoms with Crippen LogP contribution in [0.1, 0.15) is 0 Å². The molecule has 2 N–H and O–H groups in total. The molecular formula is C11H13F2NO5S. The summed E-state index contributed by atoms with van der Waals surface area (Å²) in [7, 11) is -3.85. The Morgan fingerprint density at radius 1 is 1.30 bits per heavy atom. The number of hydrogen-bond acceptors (Lipinski definition) is 5. The normalized spacial score (nSPS) is 23.2. The van der Waals surface area contributed by atoms with Gasteiger partial charge in [-0.15, -0.1) is 0 Å². The van der Waals surface area contributed by atoms with Crippen LogP contribution in [0.15, 0.2) is 29.2 Å². The number of aliphatic hydroxyl groups is 1. The molecular weight excluding hydrogens is 296 g/mol. The van der Waals surface area contributed by atoms with E-state index in [0.29, 0.717) is 0 Å². The lowest BCUT2D eigenvalue weighted by Gasteiger charge is -2.15. The Kier molecular flexibility index (Phi) is 4.53. The third-order valence-electron chi connectivity index (χ3n) is 2.72. The van der Waals surface area contributed by atoms with Gasteiger partial charge in [0.1, 0.15) is 5.75 Å². The van der Waals surface area contributed by atoms with E-state index in [2.05, 4.69) is 9.46 Å².